The first kappa shape index (κ1) is 16.0. The maximum Gasteiger partial charge on any atom is 0.0526 e. The molecule has 126 valence electrons. The van der Waals surface area contributed by atoms with Gasteiger partial charge in [-0.3, -0.25) is 9.97 Å². The molecule has 0 N–H and O–H groups in total. The third kappa shape index (κ3) is 3.34. The zero-order chi connectivity index (χ0) is 17.1. The molecule has 0 radical (unpaired) electrons. The summed E-state index contributed by atoms with van der Waals surface area (Å²) in [5, 5.41) is 0. The van der Waals surface area contributed by atoms with E-state index in [0.29, 0.717) is 0 Å². The van der Waals surface area contributed by atoms with E-state index < -0.39 is 0 Å². The second-order valence-corrected chi connectivity index (χ2v) is 6.84. The zero-order valence-electron chi connectivity index (χ0n) is 14.8. The number of hydrogen-bond donors (Lipinski definition) is 0. The molecule has 3 aromatic rings. The molecular weight excluding hydrogens is 304 g/mol. The average molecular weight is 328 g/mol. The molecule has 0 aliphatic heterocycles. The van der Waals surface area contributed by atoms with Crippen LogP contribution in [0.3, 0.4) is 0 Å². The van der Waals surface area contributed by atoms with E-state index in [0.717, 1.165) is 25.0 Å². The van der Waals surface area contributed by atoms with Gasteiger partial charge in [0.2, 0.25) is 0 Å². The van der Waals surface area contributed by atoms with Gasteiger partial charge in [-0.15, -0.1) is 0 Å². The van der Waals surface area contributed by atoms with Crippen LogP contribution in [0.15, 0.2) is 54.9 Å². The van der Waals surface area contributed by atoms with Crippen molar-refractivity contribution in [3.8, 4) is 11.1 Å². The van der Waals surface area contributed by atoms with Crippen molar-refractivity contribution in [2.75, 3.05) is 0 Å². The van der Waals surface area contributed by atoms with Crippen LogP contribution in [0.25, 0.3) is 11.1 Å². The van der Waals surface area contributed by atoms with Crippen LogP contribution in [0.4, 0.5) is 0 Å². The molecule has 0 fully saturated rings. The molecule has 1 aliphatic rings. The summed E-state index contributed by atoms with van der Waals surface area (Å²) < 4.78 is 0. The van der Waals surface area contributed by atoms with Crippen LogP contribution >= 0.6 is 0 Å². The van der Waals surface area contributed by atoms with Crippen molar-refractivity contribution in [2.24, 2.45) is 0 Å². The van der Waals surface area contributed by atoms with E-state index in [-0.39, 0.29) is 0 Å². The summed E-state index contributed by atoms with van der Waals surface area (Å²) in [6, 6.07) is 15.2. The zero-order valence-corrected chi connectivity index (χ0v) is 14.8. The average Bonchev–Trinajstić information content (AvgIpc) is 2.68. The van der Waals surface area contributed by atoms with Crippen LogP contribution in [0.5, 0.6) is 0 Å². The van der Waals surface area contributed by atoms with Gasteiger partial charge in [0.05, 0.1) is 5.69 Å². The highest BCUT2D eigenvalue weighted by atomic mass is 14.7. The molecule has 1 aromatic carbocycles. The summed E-state index contributed by atoms with van der Waals surface area (Å²) in [5.41, 5.74) is 9.08. The third-order valence-corrected chi connectivity index (χ3v) is 5.18. The Balaban J connectivity index is 1.70. The van der Waals surface area contributed by atoms with E-state index >= 15 is 0 Å². The molecule has 0 spiro atoms. The number of nitrogens with zero attached hydrogens (tertiary/aromatic N) is 2. The van der Waals surface area contributed by atoms with E-state index in [1.54, 1.807) is 0 Å². The summed E-state index contributed by atoms with van der Waals surface area (Å²) in [7, 11) is 0. The summed E-state index contributed by atoms with van der Waals surface area (Å²) in [4.78, 5) is 9.43. The lowest BCUT2D eigenvalue weighted by atomic mass is 9.92. The van der Waals surface area contributed by atoms with Crippen molar-refractivity contribution in [1.82, 2.24) is 9.97 Å². The van der Waals surface area contributed by atoms with Crippen LogP contribution in [0.2, 0.25) is 0 Å². The van der Waals surface area contributed by atoms with Crippen molar-refractivity contribution in [3.05, 3.63) is 82.9 Å². The molecule has 2 heterocycles. The smallest absolute Gasteiger partial charge is 0.0526 e. The molecular formula is C23H24N2. The van der Waals surface area contributed by atoms with Crippen molar-refractivity contribution in [3.63, 3.8) is 0 Å². The fourth-order valence-electron chi connectivity index (χ4n) is 3.84. The standard InChI is InChI=1S/C23H24N2/c1-2-18-8-3-5-10-20(18)21-11-7-13-24-23(21)15-17-14-19-9-4-6-12-22(19)25-16-17/h3,5,7-8,10-11,13-14,16H,2,4,6,9,12,15H2,1H3. The van der Waals surface area contributed by atoms with Crippen LogP contribution in [0, 0.1) is 0 Å². The van der Waals surface area contributed by atoms with Crippen molar-refractivity contribution < 1.29 is 0 Å². The number of benzene rings is 1. The molecule has 2 aromatic heterocycles. The van der Waals surface area contributed by atoms with Gasteiger partial charge in [0, 0.05) is 30.1 Å². The fourth-order valence-corrected chi connectivity index (χ4v) is 3.84. The number of hydrogen-bond acceptors (Lipinski definition) is 2. The fraction of sp³-hybridized carbons (Fsp3) is 0.304. The van der Waals surface area contributed by atoms with Gasteiger partial charge >= 0.3 is 0 Å². The maximum absolute atomic E-state index is 4.72. The monoisotopic (exact) mass is 328 g/mol. The van der Waals surface area contributed by atoms with Crippen LogP contribution < -0.4 is 0 Å². The van der Waals surface area contributed by atoms with Gasteiger partial charge in [0.25, 0.3) is 0 Å². The van der Waals surface area contributed by atoms with E-state index in [2.05, 4.69) is 43.3 Å². The first-order chi connectivity index (χ1) is 12.3. The topological polar surface area (TPSA) is 25.8 Å². The summed E-state index contributed by atoms with van der Waals surface area (Å²) in [5.74, 6) is 0. The van der Waals surface area contributed by atoms with Gasteiger partial charge in [0.1, 0.15) is 0 Å². The van der Waals surface area contributed by atoms with E-state index in [4.69, 9.17) is 9.97 Å². The molecule has 25 heavy (non-hydrogen) atoms. The van der Waals surface area contributed by atoms with Crippen LogP contribution in [-0.2, 0) is 25.7 Å². The molecule has 0 saturated heterocycles. The normalized spacial score (nSPS) is 13.5. The van der Waals surface area contributed by atoms with Gasteiger partial charge in [-0.05, 0) is 60.4 Å². The van der Waals surface area contributed by atoms with Gasteiger partial charge in [-0.1, -0.05) is 43.3 Å². The van der Waals surface area contributed by atoms with E-state index in [1.165, 1.54) is 52.8 Å². The highest BCUT2D eigenvalue weighted by Crippen LogP contribution is 2.28. The Bertz CT molecular complexity index is 883. The number of fused-ring (bicyclic) bond motifs is 1. The molecule has 4 rings (SSSR count). The van der Waals surface area contributed by atoms with Gasteiger partial charge in [-0.2, -0.15) is 0 Å². The first-order valence-electron chi connectivity index (χ1n) is 9.34. The Hall–Kier alpha value is -2.48. The van der Waals surface area contributed by atoms with E-state index in [1.807, 2.05) is 18.5 Å². The van der Waals surface area contributed by atoms with Crippen molar-refractivity contribution in [1.29, 1.82) is 0 Å². The summed E-state index contributed by atoms with van der Waals surface area (Å²) in [6.45, 7) is 2.21. The number of rotatable bonds is 4. The highest BCUT2D eigenvalue weighted by molar-refractivity contribution is 5.69. The lowest BCUT2D eigenvalue weighted by molar-refractivity contribution is 0.666. The Morgan fingerprint density at radius 2 is 1.76 bits per heavy atom. The predicted octanol–water partition coefficient (Wildman–Crippen LogP) is 5.18. The number of aromatic nitrogens is 2. The van der Waals surface area contributed by atoms with E-state index in [9.17, 15) is 0 Å². The Morgan fingerprint density at radius 1 is 0.920 bits per heavy atom. The molecule has 2 nitrogen and oxygen atoms in total. The Morgan fingerprint density at radius 3 is 2.68 bits per heavy atom. The van der Waals surface area contributed by atoms with Crippen LogP contribution in [0.1, 0.15) is 47.8 Å². The summed E-state index contributed by atoms with van der Waals surface area (Å²) in [6.07, 6.45) is 10.7. The molecule has 0 saturated carbocycles. The second kappa shape index (κ2) is 7.18. The lowest BCUT2D eigenvalue weighted by Crippen LogP contribution is -2.07. The SMILES string of the molecule is CCc1ccccc1-c1cccnc1Cc1cnc2c(c1)CCCC2. The Kier molecular flexibility index (Phi) is 4.60. The predicted molar refractivity (Wildman–Crippen MR) is 103 cm³/mol. The molecule has 0 unspecified atom stereocenters. The number of pyridine rings is 2. The quantitative estimate of drug-likeness (QED) is 0.660. The first-order valence-corrected chi connectivity index (χ1v) is 9.34. The van der Waals surface area contributed by atoms with Crippen molar-refractivity contribution >= 4 is 0 Å². The number of aryl methyl sites for hydroxylation is 3. The molecule has 0 bridgehead atoms. The third-order valence-electron chi connectivity index (χ3n) is 5.18. The minimum atomic E-state index is 0.842. The van der Waals surface area contributed by atoms with Crippen molar-refractivity contribution in [2.45, 2.75) is 45.4 Å². The van der Waals surface area contributed by atoms with Gasteiger partial charge in [-0.25, -0.2) is 0 Å². The Labute approximate surface area is 150 Å². The molecule has 1 aliphatic carbocycles. The van der Waals surface area contributed by atoms with Crippen LogP contribution in [-0.4, -0.2) is 9.97 Å². The van der Waals surface area contributed by atoms with Gasteiger partial charge in [0.15, 0.2) is 0 Å². The largest absolute Gasteiger partial charge is 0.261 e. The minimum Gasteiger partial charge on any atom is -0.261 e. The molecule has 0 amide bonds. The minimum absolute atomic E-state index is 0.842. The molecule has 0 atom stereocenters. The highest BCUT2D eigenvalue weighted by Gasteiger charge is 2.13. The lowest BCUT2D eigenvalue weighted by Gasteiger charge is -2.16. The summed E-state index contributed by atoms with van der Waals surface area (Å²) >= 11 is 0. The molecule has 2 heteroatoms. The second-order valence-electron chi connectivity index (χ2n) is 6.84. The van der Waals surface area contributed by atoms with Gasteiger partial charge < -0.3 is 0 Å². The maximum atomic E-state index is 4.72.